The van der Waals surface area contributed by atoms with Gasteiger partial charge in [0.05, 0.1) is 18.6 Å². The maximum absolute atomic E-state index is 11.9. The Morgan fingerprint density at radius 1 is 1.60 bits per heavy atom. The minimum Gasteiger partial charge on any atom is -0.469 e. The van der Waals surface area contributed by atoms with Crippen LogP contribution in [0.1, 0.15) is 32.1 Å². The summed E-state index contributed by atoms with van der Waals surface area (Å²) in [6.45, 7) is 3.70. The van der Waals surface area contributed by atoms with Gasteiger partial charge in [0, 0.05) is 7.11 Å². The number of hydrogen-bond acceptors (Lipinski definition) is 3. The van der Waals surface area contributed by atoms with E-state index in [1.165, 1.54) is 7.11 Å². The van der Waals surface area contributed by atoms with Crippen molar-refractivity contribution >= 4 is 5.97 Å². The molecule has 0 saturated heterocycles. The van der Waals surface area contributed by atoms with Gasteiger partial charge in [-0.1, -0.05) is 6.08 Å². The van der Waals surface area contributed by atoms with E-state index in [4.69, 9.17) is 9.47 Å². The molecule has 0 N–H and O–H groups in total. The van der Waals surface area contributed by atoms with Gasteiger partial charge in [-0.3, -0.25) is 4.79 Å². The number of esters is 1. The van der Waals surface area contributed by atoms with Crippen molar-refractivity contribution in [3.8, 4) is 0 Å². The van der Waals surface area contributed by atoms with Gasteiger partial charge in [0.25, 0.3) is 0 Å². The molecule has 0 aliphatic heterocycles. The van der Waals surface area contributed by atoms with E-state index in [0.29, 0.717) is 0 Å². The van der Waals surface area contributed by atoms with E-state index in [9.17, 15) is 4.79 Å². The highest BCUT2D eigenvalue weighted by molar-refractivity contribution is 5.78. The molecule has 0 aromatic rings. The second-order valence-electron chi connectivity index (χ2n) is 4.09. The number of ether oxygens (including phenoxy) is 2. The van der Waals surface area contributed by atoms with Gasteiger partial charge in [-0.15, -0.1) is 6.58 Å². The van der Waals surface area contributed by atoms with Crippen LogP contribution in [-0.2, 0) is 14.3 Å². The standard InChI is InChI=1S/C12H20O3/c1-4-5-8-12(11(13)15-3)9-6-7-10(12)14-2/h4,10H,1,5-9H2,2-3H3/t10-,12-/m1/s1. The van der Waals surface area contributed by atoms with E-state index in [1.54, 1.807) is 7.11 Å². The van der Waals surface area contributed by atoms with Gasteiger partial charge >= 0.3 is 5.97 Å². The number of rotatable bonds is 5. The lowest BCUT2D eigenvalue weighted by Crippen LogP contribution is -2.40. The van der Waals surface area contributed by atoms with E-state index < -0.39 is 5.41 Å². The molecule has 3 nitrogen and oxygen atoms in total. The number of methoxy groups -OCH3 is 2. The van der Waals surface area contributed by atoms with Crippen LogP contribution in [0, 0.1) is 5.41 Å². The van der Waals surface area contributed by atoms with Crippen LogP contribution in [0.25, 0.3) is 0 Å². The minimum absolute atomic E-state index is 0.00454. The van der Waals surface area contributed by atoms with E-state index in [1.807, 2.05) is 6.08 Å². The molecule has 3 heteroatoms. The van der Waals surface area contributed by atoms with Gasteiger partial charge < -0.3 is 9.47 Å². The lowest BCUT2D eigenvalue weighted by molar-refractivity contribution is -0.160. The Morgan fingerprint density at radius 3 is 2.87 bits per heavy atom. The fraction of sp³-hybridized carbons (Fsp3) is 0.750. The van der Waals surface area contributed by atoms with Crippen LogP contribution < -0.4 is 0 Å². The van der Waals surface area contributed by atoms with Crippen molar-refractivity contribution in [1.82, 2.24) is 0 Å². The second-order valence-corrected chi connectivity index (χ2v) is 4.09. The molecule has 15 heavy (non-hydrogen) atoms. The number of carbonyl (C=O) groups excluding carboxylic acids is 1. The first kappa shape index (κ1) is 12.2. The number of allylic oxidation sites excluding steroid dienone is 1. The maximum Gasteiger partial charge on any atom is 0.314 e. The lowest BCUT2D eigenvalue weighted by Gasteiger charge is -2.31. The third-order valence-electron chi connectivity index (χ3n) is 3.38. The Bertz CT molecular complexity index is 237. The van der Waals surface area contributed by atoms with Crippen molar-refractivity contribution in [3.63, 3.8) is 0 Å². The summed E-state index contributed by atoms with van der Waals surface area (Å²) in [5.41, 5.74) is -0.433. The molecule has 1 aliphatic rings. The molecule has 0 amide bonds. The highest BCUT2D eigenvalue weighted by Gasteiger charge is 2.49. The molecular weight excluding hydrogens is 192 g/mol. The van der Waals surface area contributed by atoms with E-state index in [-0.39, 0.29) is 12.1 Å². The monoisotopic (exact) mass is 212 g/mol. The molecule has 0 heterocycles. The van der Waals surface area contributed by atoms with E-state index in [0.717, 1.165) is 32.1 Å². The van der Waals surface area contributed by atoms with Gasteiger partial charge in [-0.05, 0) is 32.1 Å². The first-order chi connectivity index (χ1) is 7.21. The maximum atomic E-state index is 11.9. The Kier molecular flexibility index (Phi) is 4.33. The molecule has 0 aromatic carbocycles. The summed E-state index contributed by atoms with van der Waals surface area (Å²) >= 11 is 0. The Morgan fingerprint density at radius 2 is 2.33 bits per heavy atom. The van der Waals surface area contributed by atoms with Gasteiger partial charge in [0.1, 0.15) is 0 Å². The lowest BCUT2D eigenvalue weighted by atomic mass is 9.79. The van der Waals surface area contributed by atoms with Gasteiger partial charge in [-0.25, -0.2) is 0 Å². The zero-order chi connectivity index (χ0) is 11.3. The summed E-state index contributed by atoms with van der Waals surface area (Å²) in [5.74, 6) is -0.131. The Balaban J connectivity index is 2.83. The first-order valence-electron chi connectivity index (χ1n) is 5.43. The fourth-order valence-corrected chi connectivity index (χ4v) is 2.57. The van der Waals surface area contributed by atoms with Crippen LogP contribution >= 0.6 is 0 Å². The average molecular weight is 212 g/mol. The molecule has 0 radical (unpaired) electrons. The average Bonchev–Trinajstić information content (AvgIpc) is 2.69. The number of hydrogen-bond donors (Lipinski definition) is 0. The molecule has 0 bridgehead atoms. The van der Waals surface area contributed by atoms with E-state index in [2.05, 4.69) is 6.58 Å². The Hall–Kier alpha value is -0.830. The van der Waals surface area contributed by atoms with Crippen molar-refractivity contribution in [2.24, 2.45) is 5.41 Å². The molecule has 0 spiro atoms. The quantitative estimate of drug-likeness (QED) is 0.518. The first-order valence-corrected chi connectivity index (χ1v) is 5.43. The summed E-state index contributed by atoms with van der Waals surface area (Å²) in [6.07, 6.45) is 6.30. The zero-order valence-corrected chi connectivity index (χ0v) is 9.62. The third-order valence-corrected chi connectivity index (χ3v) is 3.38. The largest absolute Gasteiger partial charge is 0.469 e. The third kappa shape index (κ3) is 2.23. The highest BCUT2D eigenvalue weighted by atomic mass is 16.5. The van der Waals surface area contributed by atoms with Crippen LogP contribution in [0.3, 0.4) is 0 Å². The molecule has 1 aliphatic carbocycles. The molecule has 0 unspecified atom stereocenters. The molecule has 0 aromatic heterocycles. The summed E-state index contributed by atoms with van der Waals surface area (Å²) in [7, 11) is 3.12. The fourth-order valence-electron chi connectivity index (χ4n) is 2.57. The SMILES string of the molecule is C=CCC[C@@]1(C(=O)OC)CCC[C@H]1OC. The van der Waals surface area contributed by atoms with Crippen LogP contribution in [0.15, 0.2) is 12.7 Å². The predicted molar refractivity (Wildman–Crippen MR) is 58.5 cm³/mol. The topological polar surface area (TPSA) is 35.5 Å². The molecule has 1 fully saturated rings. The molecular formula is C12H20O3. The molecule has 1 saturated carbocycles. The minimum atomic E-state index is -0.433. The summed E-state index contributed by atoms with van der Waals surface area (Å²) in [6, 6.07) is 0. The van der Waals surface area contributed by atoms with Crippen LogP contribution in [0.4, 0.5) is 0 Å². The predicted octanol–water partition coefficient (Wildman–Crippen LogP) is 2.31. The highest BCUT2D eigenvalue weighted by Crippen LogP contribution is 2.44. The van der Waals surface area contributed by atoms with Gasteiger partial charge in [0.2, 0.25) is 0 Å². The molecule has 2 atom stereocenters. The van der Waals surface area contributed by atoms with Gasteiger partial charge in [-0.2, -0.15) is 0 Å². The number of carbonyl (C=O) groups is 1. The Labute approximate surface area is 91.4 Å². The summed E-state index contributed by atoms with van der Waals surface area (Å²) < 4.78 is 10.3. The molecule has 86 valence electrons. The second kappa shape index (κ2) is 5.31. The van der Waals surface area contributed by atoms with Crippen molar-refractivity contribution in [3.05, 3.63) is 12.7 Å². The van der Waals surface area contributed by atoms with Crippen molar-refractivity contribution < 1.29 is 14.3 Å². The van der Waals surface area contributed by atoms with Crippen LogP contribution in [-0.4, -0.2) is 26.3 Å². The molecule has 1 rings (SSSR count). The zero-order valence-electron chi connectivity index (χ0n) is 9.62. The van der Waals surface area contributed by atoms with Crippen LogP contribution in [0.5, 0.6) is 0 Å². The smallest absolute Gasteiger partial charge is 0.314 e. The summed E-state index contributed by atoms with van der Waals surface area (Å²) in [5, 5.41) is 0. The van der Waals surface area contributed by atoms with Crippen LogP contribution in [0.2, 0.25) is 0 Å². The normalized spacial score (nSPS) is 30.1. The van der Waals surface area contributed by atoms with Crippen molar-refractivity contribution in [2.75, 3.05) is 14.2 Å². The van der Waals surface area contributed by atoms with Crippen molar-refractivity contribution in [2.45, 2.75) is 38.2 Å². The van der Waals surface area contributed by atoms with E-state index >= 15 is 0 Å². The van der Waals surface area contributed by atoms with Gasteiger partial charge in [0.15, 0.2) is 0 Å². The van der Waals surface area contributed by atoms with Crippen molar-refractivity contribution in [1.29, 1.82) is 0 Å². The summed E-state index contributed by atoms with van der Waals surface area (Å²) in [4.78, 5) is 11.9.